The fourth-order valence-corrected chi connectivity index (χ4v) is 4.67. The summed E-state index contributed by atoms with van der Waals surface area (Å²) < 4.78 is 23.3. The zero-order chi connectivity index (χ0) is 15.7. The molecule has 2 rings (SSSR count). The van der Waals surface area contributed by atoms with Gasteiger partial charge in [0.2, 0.25) is 0 Å². The molecule has 6 nitrogen and oxygen atoms in total. The van der Waals surface area contributed by atoms with Crippen molar-refractivity contribution in [2.24, 2.45) is 0 Å². The second-order valence-corrected chi connectivity index (χ2v) is 8.00. The highest BCUT2D eigenvalue weighted by Gasteiger charge is 2.38. The molecule has 1 aliphatic heterocycles. The Balaban J connectivity index is 2.29. The van der Waals surface area contributed by atoms with Gasteiger partial charge in [0.25, 0.3) is 0 Å². The van der Waals surface area contributed by atoms with Crippen LogP contribution in [0.5, 0.6) is 0 Å². The maximum atomic E-state index is 11.6. The highest BCUT2D eigenvalue weighted by Crippen LogP contribution is 2.27. The topological polar surface area (TPSA) is 96.4 Å². The highest BCUT2D eigenvalue weighted by molar-refractivity contribution is 7.91. The summed E-state index contributed by atoms with van der Waals surface area (Å²) in [6.07, 6.45) is 2.05. The number of anilines is 1. The van der Waals surface area contributed by atoms with Crippen LogP contribution in [0.1, 0.15) is 42.7 Å². The Morgan fingerprint density at radius 3 is 2.71 bits per heavy atom. The first-order chi connectivity index (χ1) is 9.73. The van der Waals surface area contributed by atoms with Gasteiger partial charge in [-0.2, -0.15) is 0 Å². The summed E-state index contributed by atoms with van der Waals surface area (Å²) in [5.74, 6) is -0.390. The molecule has 7 heteroatoms. The summed E-state index contributed by atoms with van der Waals surface area (Å²) in [6, 6.07) is 3.02. The molecule has 1 atom stereocenters. The molecule has 1 aromatic heterocycles. The van der Waals surface area contributed by atoms with E-state index in [1.165, 1.54) is 6.07 Å². The van der Waals surface area contributed by atoms with E-state index >= 15 is 0 Å². The van der Waals surface area contributed by atoms with Crippen molar-refractivity contribution >= 4 is 21.6 Å². The number of pyridine rings is 1. The van der Waals surface area contributed by atoms with Gasteiger partial charge in [-0.1, -0.05) is 13.3 Å². The minimum atomic E-state index is -3.03. The molecule has 1 saturated heterocycles. The molecule has 1 aliphatic rings. The van der Waals surface area contributed by atoms with Crippen molar-refractivity contribution in [3.05, 3.63) is 23.4 Å². The number of nitrogens with zero attached hydrogens (tertiary/aromatic N) is 1. The molecule has 2 N–H and O–H groups in total. The molecule has 0 bridgehead atoms. The van der Waals surface area contributed by atoms with Crippen LogP contribution in [0.3, 0.4) is 0 Å². The molecule has 0 aromatic carbocycles. The van der Waals surface area contributed by atoms with Gasteiger partial charge in [-0.3, -0.25) is 0 Å². The first-order valence-corrected chi connectivity index (χ1v) is 8.78. The van der Waals surface area contributed by atoms with Crippen molar-refractivity contribution in [2.75, 3.05) is 16.8 Å². The van der Waals surface area contributed by atoms with Crippen molar-refractivity contribution in [1.82, 2.24) is 4.98 Å². The summed E-state index contributed by atoms with van der Waals surface area (Å²) in [6.45, 7) is 3.82. The number of aromatic nitrogens is 1. The minimum Gasteiger partial charge on any atom is -0.478 e. The number of carboxylic acids is 1. The number of aryl methyl sites for hydroxylation is 1. The average molecular weight is 312 g/mol. The van der Waals surface area contributed by atoms with E-state index in [2.05, 4.69) is 10.3 Å². The normalized spacial score (nSPS) is 23.9. The molecule has 0 aliphatic carbocycles. The van der Waals surface area contributed by atoms with Gasteiger partial charge in [-0.25, -0.2) is 18.2 Å². The lowest BCUT2D eigenvalue weighted by Gasteiger charge is -2.25. The molecule has 0 amide bonds. The Kier molecular flexibility index (Phi) is 4.22. The van der Waals surface area contributed by atoms with E-state index in [0.717, 1.165) is 6.42 Å². The third-order valence-corrected chi connectivity index (χ3v) is 5.47. The third-order valence-electron chi connectivity index (χ3n) is 3.56. The van der Waals surface area contributed by atoms with Gasteiger partial charge in [0.1, 0.15) is 5.82 Å². The Hall–Kier alpha value is -1.63. The van der Waals surface area contributed by atoms with Gasteiger partial charge >= 0.3 is 5.97 Å². The Morgan fingerprint density at radius 1 is 1.48 bits per heavy atom. The lowest BCUT2D eigenvalue weighted by atomic mass is 10.0. The third kappa shape index (κ3) is 3.93. The van der Waals surface area contributed by atoms with E-state index in [-0.39, 0.29) is 17.1 Å². The lowest BCUT2D eigenvalue weighted by Crippen LogP contribution is -2.36. The molecule has 1 aromatic rings. The molecule has 0 saturated carbocycles. The quantitative estimate of drug-likeness (QED) is 0.859. The molecule has 21 heavy (non-hydrogen) atoms. The zero-order valence-corrected chi connectivity index (χ0v) is 13.0. The van der Waals surface area contributed by atoms with Crippen molar-refractivity contribution in [3.63, 3.8) is 0 Å². The van der Waals surface area contributed by atoms with E-state index in [9.17, 15) is 13.2 Å². The fourth-order valence-electron chi connectivity index (χ4n) is 2.58. The number of carboxylic acid groups (broad SMARTS) is 1. The van der Waals surface area contributed by atoms with Crippen LogP contribution in [-0.4, -0.2) is 41.5 Å². The number of hydrogen-bond donors (Lipinski definition) is 2. The van der Waals surface area contributed by atoms with E-state index in [4.69, 9.17) is 5.11 Å². The maximum absolute atomic E-state index is 11.6. The largest absolute Gasteiger partial charge is 0.478 e. The van der Waals surface area contributed by atoms with Crippen LogP contribution in [0.4, 0.5) is 5.82 Å². The lowest BCUT2D eigenvalue weighted by molar-refractivity contribution is 0.0696. The maximum Gasteiger partial charge on any atom is 0.335 e. The second kappa shape index (κ2) is 5.63. The van der Waals surface area contributed by atoms with Crippen LogP contribution in [0, 0.1) is 0 Å². The van der Waals surface area contributed by atoms with E-state index in [0.29, 0.717) is 24.4 Å². The standard InChI is InChI=1S/C14H20N2O4S/c1-3-4-11-7-10(13(17)18)8-12(15-11)16-14(2)5-6-21(19,20)9-14/h7-8H,3-6,9H2,1-2H3,(H,15,16)(H,17,18). The Bertz CT molecular complexity index is 657. The molecule has 1 fully saturated rings. The van der Waals surface area contributed by atoms with Crippen LogP contribution < -0.4 is 5.32 Å². The van der Waals surface area contributed by atoms with Gasteiger partial charge in [0, 0.05) is 5.69 Å². The van der Waals surface area contributed by atoms with Crippen LogP contribution in [0.25, 0.3) is 0 Å². The number of rotatable bonds is 5. The predicted molar refractivity (Wildman–Crippen MR) is 80.5 cm³/mol. The summed E-state index contributed by atoms with van der Waals surface area (Å²) in [5, 5.41) is 12.3. The van der Waals surface area contributed by atoms with Crippen LogP contribution in [0.15, 0.2) is 12.1 Å². The highest BCUT2D eigenvalue weighted by atomic mass is 32.2. The minimum absolute atomic E-state index is 0.0437. The molecular weight excluding hydrogens is 292 g/mol. The van der Waals surface area contributed by atoms with Crippen molar-refractivity contribution in [1.29, 1.82) is 0 Å². The van der Waals surface area contributed by atoms with Gasteiger partial charge < -0.3 is 10.4 Å². The summed E-state index contributed by atoms with van der Waals surface area (Å²) in [5.41, 5.74) is 0.275. The second-order valence-electron chi connectivity index (χ2n) is 5.82. The van der Waals surface area contributed by atoms with Gasteiger partial charge in [0.15, 0.2) is 9.84 Å². The molecule has 0 radical (unpaired) electrons. The first-order valence-electron chi connectivity index (χ1n) is 6.96. The Labute approximate surface area is 124 Å². The molecule has 116 valence electrons. The van der Waals surface area contributed by atoms with Crippen LogP contribution in [0.2, 0.25) is 0 Å². The number of carbonyl (C=O) groups is 1. The number of aromatic carboxylic acids is 1. The van der Waals surface area contributed by atoms with E-state index in [1.807, 2.05) is 13.8 Å². The number of nitrogens with one attached hydrogen (secondary N) is 1. The number of hydrogen-bond acceptors (Lipinski definition) is 5. The van der Waals surface area contributed by atoms with Crippen LogP contribution in [-0.2, 0) is 16.3 Å². The Morgan fingerprint density at radius 2 is 2.19 bits per heavy atom. The van der Waals surface area contributed by atoms with Gasteiger partial charge in [-0.15, -0.1) is 0 Å². The van der Waals surface area contributed by atoms with Gasteiger partial charge in [-0.05, 0) is 31.9 Å². The SMILES string of the molecule is CCCc1cc(C(=O)O)cc(NC2(C)CCS(=O)(=O)C2)n1. The average Bonchev–Trinajstić information content (AvgIpc) is 2.63. The van der Waals surface area contributed by atoms with Crippen molar-refractivity contribution in [2.45, 2.75) is 38.6 Å². The van der Waals surface area contributed by atoms with E-state index < -0.39 is 21.3 Å². The summed E-state index contributed by atoms with van der Waals surface area (Å²) in [7, 11) is -3.03. The summed E-state index contributed by atoms with van der Waals surface area (Å²) in [4.78, 5) is 15.6. The van der Waals surface area contributed by atoms with Crippen molar-refractivity contribution < 1.29 is 18.3 Å². The molecular formula is C14H20N2O4S. The smallest absolute Gasteiger partial charge is 0.335 e. The fraction of sp³-hybridized carbons (Fsp3) is 0.571. The van der Waals surface area contributed by atoms with E-state index in [1.54, 1.807) is 6.07 Å². The molecule has 2 heterocycles. The van der Waals surface area contributed by atoms with Crippen LogP contribution >= 0.6 is 0 Å². The zero-order valence-electron chi connectivity index (χ0n) is 12.2. The van der Waals surface area contributed by atoms with Gasteiger partial charge in [0.05, 0.1) is 22.6 Å². The number of sulfone groups is 1. The molecule has 1 unspecified atom stereocenters. The monoisotopic (exact) mass is 312 g/mol. The summed E-state index contributed by atoms with van der Waals surface area (Å²) >= 11 is 0. The predicted octanol–water partition coefficient (Wildman–Crippen LogP) is 1.72. The molecule has 0 spiro atoms. The van der Waals surface area contributed by atoms with Crippen molar-refractivity contribution in [3.8, 4) is 0 Å². The first kappa shape index (κ1) is 15.8.